The summed E-state index contributed by atoms with van der Waals surface area (Å²) in [6.45, 7) is 0. The molecule has 0 saturated carbocycles. The van der Waals surface area contributed by atoms with Gasteiger partial charge in [0.05, 0.1) is 42.7 Å². The van der Waals surface area contributed by atoms with Crippen molar-refractivity contribution >= 4 is 43.5 Å². The topological polar surface area (TPSA) is 232 Å². The van der Waals surface area contributed by atoms with Crippen LogP contribution in [0.3, 0.4) is 0 Å². The van der Waals surface area contributed by atoms with Gasteiger partial charge >= 0.3 is 5.43 Å². The number of phenols is 5. The summed E-state index contributed by atoms with van der Waals surface area (Å²) in [5.41, 5.74) is -0.295. The van der Waals surface area contributed by atoms with Gasteiger partial charge in [0, 0.05) is 52.0 Å². The van der Waals surface area contributed by atoms with Crippen molar-refractivity contribution in [2.45, 2.75) is 0 Å². The molecule has 0 saturated heterocycles. The molecule has 0 spiro atoms. The van der Waals surface area contributed by atoms with E-state index in [1.807, 2.05) is 0 Å². The molecular formula is C34H34CuO12S2+4. The number of rotatable bonds is 3. The minimum atomic E-state index is -0.575. The van der Waals surface area contributed by atoms with E-state index in [9.17, 15) is 35.1 Å². The molecular weight excluding hydrogens is 728 g/mol. The van der Waals surface area contributed by atoms with E-state index in [0.717, 1.165) is 18.2 Å². The predicted octanol–water partition coefficient (Wildman–Crippen LogP) is 4.81. The molecule has 261 valence electrons. The van der Waals surface area contributed by atoms with Crippen LogP contribution in [0.1, 0.15) is 0 Å². The number of fused-ring (bicyclic) bond motifs is 2. The van der Waals surface area contributed by atoms with Gasteiger partial charge in [-0.15, -0.1) is 0 Å². The van der Waals surface area contributed by atoms with Gasteiger partial charge < -0.3 is 39.5 Å². The van der Waals surface area contributed by atoms with Crippen molar-refractivity contribution in [2.75, 3.05) is 25.0 Å². The monoisotopic (exact) mass is 761 g/mol. The first kappa shape index (κ1) is 38.4. The van der Waals surface area contributed by atoms with Crippen LogP contribution in [0.25, 0.3) is 55.7 Å². The Morgan fingerprint density at radius 1 is 0.653 bits per heavy atom. The number of aromatic hydroxyl groups is 5. The van der Waals surface area contributed by atoms with E-state index in [1.54, 1.807) is 37.2 Å². The fourth-order valence-electron chi connectivity index (χ4n) is 4.65. The molecule has 0 atom stereocenters. The van der Waals surface area contributed by atoms with Crippen molar-refractivity contribution < 1.29 is 69.8 Å². The number of benzene rings is 4. The zero-order valence-corrected chi connectivity index (χ0v) is 28.9. The maximum atomic E-state index is 12.8. The van der Waals surface area contributed by atoms with Gasteiger partial charge in [-0.3, -0.25) is 18.0 Å². The van der Waals surface area contributed by atoms with Crippen molar-refractivity contribution in [2.24, 2.45) is 0 Å². The van der Waals surface area contributed by atoms with Crippen LogP contribution in [-0.4, -0.2) is 68.9 Å². The van der Waals surface area contributed by atoms with E-state index < -0.39 is 16.9 Å². The van der Waals surface area contributed by atoms with Crippen LogP contribution in [-0.2, 0) is 38.7 Å². The molecule has 6 aromatic rings. The predicted molar refractivity (Wildman–Crippen MR) is 187 cm³/mol. The van der Waals surface area contributed by atoms with E-state index in [4.69, 9.17) is 22.4 Å². The molecule has 0 fully saturated rings. The summed E-state index contributed by atoms with van der Waals surface area (Å²) in [5, 5.41) is 59.5. The number of phenolic OH excluding ortho intramolecular Hbond substituents is 5. The average Bonchev–Trinajstić information content (AvgIpc) is 2.96. The molecule has 6 rings (SSSR count). The summed E-state index contributed by atoms with van der Waals surface area (Å²) in [6, 6.07) is 15.9. The minimum absolute atomic E-state index is 0. The third-order valence-corrected chi connectivity index (χ3v) is 6.49. The summed E-state index contributed by atoms with van der Waals surface area (Å²) in [7, 11) is -0.722. The Bertz CT molecular complexity index is 2310. The molecule has 0 aliphatic heterocycles. The third kappa shape index (κ3) is 8.89. The summed E-state index contributed by atoms with van der Waals surface area (Å²) in [6.07, 6.45) is 7.00. The van der Waals surface area contributed by atoms with Gasteiger partial charge in [-0.25, -0.2) is 0 Å². The van der Waals surface area contributed by atoms with Gasteiger partial charge in [-0.2, -0.15) is 0 Å². The Kier molecular flexibility index (Phi) is 12.4. The Morgan fingerprint density at radius 2 is 1.22 bits per heavy atom. The first-order valence-corrected chi connectivity index (χ1v) is 17.8. The largest absolute Gasteiger partial charge is 0.592 e. The van der Waals surface area contributed by atoms with Crippen molar-refractivity contribution in [1.29, 1.82) is 0 Å². The molecule has 0 unspecified atom stereocenters. The van der Waals surface area contributed by atoms with E-state index in [-0.39, 0.29) is 117 Å². The summed E-state index contributed by atoms with van der Waals surface area (Å²) in [4.78, 5) is 23.6. The number of hydrogen-bond donors (Lipinski definition) is 5. The molecule has 12 nitrogen and oxygen atoms in total. The van der Waals surface area contributed by atoms with Gasteiger partial charge in [0.25, 0.3) is 5.75 Å². The molecule has 0 aliphatic rings. The second kappa shape index (κ2) is 15.9. The minimum Gasteiger partial charge on any atom is -0.592 e. The second-order valence-electron chi connectivity index (χ2n) is 10.7. The van der Waals surface area contributed by atoms with Crippen LogP contribution in [0.4, 0.5) is 0 Å². The fourth-order valence-corrected chi connectivity index (χ4v) is 4.65. The van der Waals surface area contributed by atoms with Crippen LogP contribution in [0.2, 0.25) is 0 Å². The summed E-state index contributed by atoms with van der Waals surface area (Å²) in [5.74, 6) is -1.49. The van der Waals surface area contributed by atoms with Crippen LogP contribution in [0.5, 0.6) is 34.5 Å². The van der Waals surface area contributed by atoms with Crippen molar-refractivity contribution in [1.82, 2.24) is 0 Å². The molecule has 1 radical (unpaired) electrons. The molecule has 2 heterocycles. The van der Waals surface area contributed by atoms with E-state index in [2.05, 4.69) is 0 Å². The summed E-state index contributed by atoms with van der Waals surface area (Å²) < 4.78 is 28.0. The zero-order valence-electron chi connectivity index (χ0n) is 26.3. The van der Waals surface area contributed by atoms with Crippen LogP contribution < -0.4 is 10.9 Å². The second-order valence-corrected chi connectivity index (χ2v) is 13.8. The molecule has 0 aliphatic carbocycles. The van der Waals surface area contributed by atoms with Crippen LogP contribution in [0.15, 0.2) is 86.4 Å². The number of hydrogen-bond acceptors (Lipinski definition) is 8. The van der Waals surface area contributed by atoms with Crippen molar-refractivity contribution in [3.63, 3.8) is 0 Å². The molecule has 2 aromatic heterocycles. The van der Waals surface area contributed by atoms with Crippen molar-refractivity contribution in [3.8, 4) is 68.3 Å². The molecule has 0 amide bonds. The Balaban J connectivity index is 0.000000654. The van der Waals surface area contributed by atoms with Gasteiger partial charge in [-0.1, -0.05) is 0 Å². The third-order valence-electron chi connectivity index (χ3n) is 6.49. The SMILES string of the molecule is CS(C)=[OH+].CS(C)=[OH+].O=c1cc(-c2ccc(O)c(-c3c(O)cc([OH2+])c4c(=[OH+])cc(-c5ccc(O)cc5)oc34)c2)oc2cc(O)cc(O)c12.[Cu]. The van der Waals surface area contributed by atoms with Gasteiger partial charge in [-0.05, 0) is 42.5 Å². The normalized spacial score (nSPS) is 10.7. The Morgan fingerprint density at radius 3 is 1.84 bits per heavy atom. The van der Waals surface area contributed by atoms with Gasteiger partial charge in [0.2, 0.25) is 5.39 Å². The zero-order chi connectivity index (χ0) is 35.4. The first-order chi connectivity index (χ1) is 22.6. The van der Waals surface area contributed by atoms with Gasteiger partial charge in [0.15, 0.2) is 32.6 Å². The van der Waals surface area contributed by atoms with Gasteiger partial charge in [0.1, 0.15) is 51.2 Å². The standard InChI is InChI=1S/C30H18O10.2C2H6OS.Cu/c31-15-4-1-13(2-5-15)24-12-23(38)29-21(36)10-20(35)27(30(29)40-24)17-7-14(3-6-18(17)33)25-11-22(37)28-19(34)8-16(32)9-26(28)39-25;2*1-4(2)3;/h1-12,31-36H;2*1-2H3;/p+4. The molecule has 0 bridgehead atoms. The molecule has 10 N–H and O–H groups in total. The fraction of sp³-hybridized carbons (Fsp3) is 0.118. The quantitative estimate of drug-likeness (QED) is 0.124. The molecule has 4 aromatic carbocycles. The van der Waals surface area contributed by atoms with Crippen LogP contribution in [0, 0.1) is 0 Å². The molecule has 49 heavy (non-hydrogen) atoms. The van der Waals surface area contributed by atoms with E-state index in [0.29, 0.717) is 5.56 Å². The first-order valence-electron chi connectivity index (χ1n) is 13.8. The van der Waals surface area contributed by atoms with Crippen molar-refractivity contribution in [3.05, 3.63) is 88.4 Å². The summed E-state index contributed by atoms with van der Waals surface area (Å²) >= 11 is 0. The Labute approximate surface area is 293 Å². The van der Waals surface area contributed by atoms with E-state index >= 15 is 0 Å². The Hall–Kier alpha value is -5.08. The molecule has 15 heteroatoms. The maximum Gasteiger partial charge on any atom is 0.364 e. The average molecular weight is 762 g/mol. The van der Waals surface area contributed by atoms with Crippen LogP contribution >= 0.6 is 0 Å². The maximum absolute atomic E-state index is 12.8. The smallest absolute Gasteiger partial charge is 0.364 e. The van der Waals surface area contributed by atoms with E-state index in [1.165, 1.54) is 42.5 Å².